The van der Waals surface area contributed by atoms with Crippen molar-refractivity contribution >= 4 is 40.6 Å². The van der Waals surface area contributed by atoms with E-state index in [1.807, 2.05) is 24.0 Å². The lowest BCUT2D eigenvalue weighted by Gasteiger charge is -2.34. The number of aromatic nitrogens is 4. The first kappa shape index (κ1) is 33.9. The van der Waals surface area contributed by atoms with Crippen LogP contribution in [0.5, 0.6) is 0 Å². The number of para-hydroxylation sites is 1. The van der Waals surface area contributed by atoms with Gasteiger partial charge in [-0.3, -0.25) is 23.5 Å². The highest BCUT2D eigenvalue weighted by Gasteiger charge is 2.29. The van der Waals surface area contributed by atoms with Gasteiger partial charge in [-0.05, 0) is 64.8 Å². The summed E-state index contributed by atoms with van der Waals surface area (Å²) in [5, 5.41) is 5.71. The minimum atomic E-state index is -0.697. The zero-order chi connectivity index (χ0) is 34.6. The maximum absolute atomic E-state index is 14.1. The second kappa shape index (κ2) is 14.1. The van der Waals surface area contributed by atoms with Gasteiger partial charge in [-0.2, -0.15) is 4.98 Å². The number of hydrogen-bond donors (Lipinski definition) is 2. The summed E-state index contributed by atoms with van der Waals surface area (Å²) in [6.07, 6.45) is 4.71. The number of anilines is 2. The van der Waals surface area contributed by atoms with Gasteiger partial charge in [-0.1, -0.05) is 42.5 Å². The van der Waals surface area contributed by atoms with E-state index in [0.717, 1.165) is 17.4 Å². The summed E-state index contributed by atoms with van der Waals surface area (Å²) in [5.74, 6) is -0.444. The number of aryl methyl sites for hydroxylation is 1. The molecule has 2 aromatic carbocycles. The maximum Gasteiger partial charge on any atom is 0.407 e. The van der Waals surface area contributed by atoms with Gasteiger partial charge >= 0.3 is 11.8 Å². The lowest BCUT2D eigenvalue weighted by molar-refractivity contribution is 0.0499. The SMILES string of the molecule is C/C=C/Cn1c(N2CCCC(NC(=O)OC(C)(C)C)C2)nc2c1c(=O)n(CC(=O)c1ccccc1NC(=O)c1ccccc1)c(=O)n2C. The summed E-state index contributed by atoms with van der Waals surface area (Å²) in [5.41, 5.74) is -0.785. The van der Waals surface area contributed by atoms with Crippen LogP contribution < -0.4 is 26.8 Å². The second-order valence-electron chi connectivity index (χ2n) is 12.7. The van der Waals surface area contributed by atoms with Crippen molar-refractivity contribution in [1.82, 2.24) is 24.0 Å². The average Bonchev–Trinajstić information content (AvgIpc) is 3.44. The van der Waals surface area contributed by atoms with Crippen LogP contribution in [0.25, 0.3) is 11.2 Å². The fourth-order valence-corrected chi connectivity index (χ4v) is 5.72. The van der Waals surface area contributed by atoms with Crippen LogP contribution in [0, 0.1) is 0 Å². The molecule has 13 nitrogen and oxygen atoms in total. The van der Waals surface area contributed by atoms with E-state index in [2.05, 4.69) is 10.6 Å². The number of amides is 2. The second-order valence-corrected chi connectivity index (χ2v) is 12.7. The number of nitrogens with zero attached hydrogens (tertiary/aromatic N) is 5. The van der Waals surface area contributed by atoms with Crippen LogP contribution in [0.4, 0.5) is 16.4 Å². The Bertz CT molecular complexity index is 1980. The summed E-state index contributed by atoms with van der Waals surface area (Å²) in [6.45, 7) is 8.06. The number of carbonyl (C=O) groups is 3. The Morgan fingerprint density at radius 3 is 2.44 bits per heavy atom. The van der Waals surface area contributed by atoms with Crippen LogP contribution in [0.3, 0.4) is 0 Å². The number of benzene rings is 2. The molecule has 0 aliphatic carbocycles. The summed E-state index contributed by atoms with van der Waals surface area (Å²) >= 11 is 0. The third kappa shape index (κ3) is 7.40. The molecule has 0 spiro atoms. The van der Waals surface area contributed by atoms with E-state index >= 15 is 0 Å². The van der Waals surface area contributed by atoms with Crippen molar-refractivity contribution in [2.24, 2.45) is 7.05 Å². The van der Waals surface area contributed by atoms with E-state index in [1.54, 1.807) is 79.9 Å². The summed E-state index contributed by atoms with van der Waals surface area (Å²) < 4.78 is 9.35. The van der Waals surface area contributed by atoms with Crippen LogP contribution >= 0.6 is 0 Å². The minimum absolute atomic E-state index is 0.163. The molecule has 2 N–H and O–H groups in total. The molecular formula is C35H41N7O6. The maximum atomic E-state index is 14.1. The largest absolute Gasteiger partial charge is 0.444 e. The fraction of sp³-hybridized carbons (Fsp3) is 0.371. The number of rotatable bonds is 9. The van der Waals surface area contributed by atoms with E-state index < -0.39 is 41.2 Å². The van der Waals surface area contributed by atoms with Gasteiger partial charge in [0.05, 0.1) is 12.2 Å². The number of piperidine rings is 1. The van der Waals surface area contributed by atoms with Gasteiger partial charge in [0, 0.05) is 43.9 Å². The summed E-state index contributed by atoms with van der Waals surface area (Å²) in [7, 11) is 1.51. The highest BCUT2D eigenvalue weighted by molar-refractivity contribution is 6.09. The van der Waals surface area contributed by atoms with Crippen LogP contribution in [0.1, 0.15) is 61.3 Å². The topological polar surface area (TPSA) is 150 Å². The standard InChI is InChI=1S/C35H41N7O6/c1-6-7-20-41-28-29(38-32(41)40-19-13-16-24(21-40)36-33(46)48-35(2,3)4)39(5)34(47)42(31(28)45)22-27(43)25-17-11-12-18-26(25)37-30(44)23-14-9-8-10-15-23/h6-12,14-15,17-18,24H,13,16,19-22H2,1-5H3,(H,36,46)(H,37,44)/b7-6+. The molecule has 1 aliphatic heterocycles. The molecule has 1 aliphatic rings. The van der Waals surface area contributed by atoms with E-state index in [1.165, 1.54) is 11.6 Å². The van der Waals surface area contributed by atoms with Crippen LogP contribution in [-0.2, 0) is 24.9 Å². The number of ketones is 1. The number of imidazole rings is 1. The molecule has 4 aromatic rings. The number of Topliss-reactive ketones (excluding diaryl/α,β-unsaturated/α-hetero) is 1. The van der Waals surface area contributed by atoms with Crippen LogP contribution in [0.15, 0.2) is 76.3 Å². The summed E-state index contributed by atoms with van der Waals surface area (Å²) in [6, 6.07) is 14.8. The van der Waals surface area contributed by atoms with Gasteiger partial charge in [0.2, 0.25) is 5.95 Å². The Hall–Kier alpha value is -5.46. The van der Waals surface area contributed by atoms with Crippen molar-refractivity contribution in [3.05, 3.63) is 98.7 Å². The predicted octanol–water partition coefficient (Wildman–Crippen LogP) is 4.10. The fourth-order valence-electron chi connectivity index (χ4n) is 5.72. The molecule has 1 saturated heterocycles. The average molecular weight is 656 g/mol. The molecule has 0 radical (unpaired) electrons. The number of carbonyl (C=O) groups excluding carboxylic acids is 3. The Balaban J connectivity index is 1.48. The zero-order valence-corrected chi connectivity index (χ0v) is 27.9. The van der Waals surface area contributed by atoms with E-state index in [-0.39, 0.29) is 28.5 Å². The number of alkyl carbamates (subject to hydrolysis) is 1. The smallest absolute Gasteiger partial charge is 0.407 e. The number of nitrogens with one attached hydrogen (secondary N) is 2. The van der Waals surface area contributed by atoms with E-state index in [9.17, 15) is 24.0 Å². The zero-order valence-electron chi connectivity index (χ0n) is 27.9. The first-order valence-electron chi connectivity index (χ1n) is 15.9. The quantitative estimate of drug-likeness (QED) is 0.202. The Morgan fingerprint density at radius 2 is 1.73 bits per heavy atom. The van der Waals surface area contributed by atoms with Gasteiger partial charge < -0.3 is 24.8 Å². The lowest BCUT2D eigenvalue weighted by atomic mass is 10.1. The van der Waals surface area contributed by atoms with Crippen molar-refractivity contribution in [3.8, 4) is 0 Å². The van der Waals surface area contributed by atoms with Gasteiger partial charge in [-0.15, -0.1) is 0 Å². The molecule has 252 valence electrons. The van der Waals surface area contributed by atoms with Gasteiger partial charge in [-0.25, -0.2) is 9.59 Å². The first-order chi connectivity index (χ1) is 22.9. The number of allylic oxidation sites excluding steroid dienone is 2. The first-order valence-corrected chi connectivity index (χ1v) is 15.9. The highest BCUT2D eigenvalue weighted by atomic mass is 16.6. The molecule has 5 rings (SSSR count). The lowest BCUT2D eigenvalue weighted by Crippen LogP contribution is -2.49. The third-order valence-corrected chi connectivity index (χ3v) is 7.97. The third-order valence-electron chi connectivity index (χ3n) is 7.97. The Kier molecular flexibility index (Phi) is 9.97. The van der Waals surface area contributed by atoms with Crippen LogP contribution in [0.2, 0.25) is 0 Å². The molecule has 2 amide bonds. The Morgan fingerprint density at radius 1 is 1.02 bits per heavy atom. The molecule has 3 heterocycles. The Labute approximate surface area is 277 Å². The molecule has 1 fully saturated rings. The molecule has 2 aromatic heterocycles. The van der Waals surface area contributed by atoms with E-state index in [0.29, 0.717) is 31.1 Å². The molecule has 1 unspecified atom stereocenters. The van der Waals surface area contributed by atoms with Crippen molar-refractivity contribution in [3.63, 3.8) is 0 Å². The molecule has 1 atom stereocenters. The highest BCUT2D eigenvalue weighted by Crippen LogP contribution is 2.24. The molecule has 0 bridgehead atoms. The van der Waals surface area contributed by atoms with Crippen molar-refractivity contribution < 1.29 is 19.1 Å². The van der Waals surface area contributed by atoms with E-state index in [4.69, 9.17) is 9.72 Å². The monoisotopic (exact) mass is 655 g/mol. The van der Waals surface area contributed by atoms with Gasteiger partial charge in [0.25, 0.3) is 11.5 Å². The van der Waals surface area contributed by atoms with Crippen molar-refractivity contribution in [2.75, 3.05) is 23.3 Å². The number of ether oxygens (including phenoxy) is 1. The molecule has 48 heavy (non-hydrogen) atoms. The van der Waals surface area contributed by atoms with Crippen LogP contribution in [-0.4, -0.2) is 61.2 Å². The molecular weight excluding hydrogens is 614 g/mol. The molecule has 13 heteroatoms. The number of fused-ring (bicyclic) bond motifs is 1. The number of hydrogen-bond acceptors (Lipinski definition) is 8. The summed E-state index contributed by atoms with van der Waals surface area (Å²) in [4.78, 5) is 73.5. The van der Waals surface area contributed by atoms with Gasteiger partial charge in [0.1, 0.15) is 5.60 Å². The minimum Gasteiger partial charge on any atom is -0.444 e. The van der Waals surface area contributed by atoms with Crippen molar-refractivity contribution in [1.29, 1.82) is 0 Å². The van der Waals surface area contributed by atoms with Gasteiger partial charge in [0.15, 0.2) is 16.9 Å². The molecule has 0 saturated carbocycles. The van der Waals surface area contributed by atoms with Crippen molar-refractivity contribution in [2.45, 2.75) is 65.3 Å². The normalized spacial score (nSPS) is 15.1. The predicted molar refractivity (Wildman–Crippen MR) is 184 cm³/mol.